The number of hydrogen-bond donors (Lipinski definition) is 1. The zero-order chi connectivity index (χ0) is 13.9. The summed E-state index contributed by atoms with van der Waals surface area (Å²) in [6, 6.07) is 21.4. The van der Waals surface area contributed by atoms with Crippen molar-refractivity contribution in [2.75, 3.05) is 6.26 Å². The van der Waals surface area contributed by atoms with Crippen LogP contribution in [-0.4, -0.2) is 19.2 Å². The number of fused-ring (bicyclic) bond motifs is 2. The summed E-state index contributed by atoms with van der Waals surface area (Å²) >= 11 is 0. The smallest absolute Gasteiger partial charge is 0.261 e. The predicted octanol–water partition coefficient (Wildman–Crippen LogP) is 3.50. The highest BCUT2D eigenvalue weighted by molar-refractivity contribution is 7.85. The fraction of sp³-hybridized carbons (Fsp3) is 0.0667. The van der Waals surface area contributed by atoms with Gasteiger partial charge in [0.2, 0.25) is 0 Å². The van der Waals surface area contributed by atoms with E-state index < -0.39 is 10.1 Å². The van der Waals surface area contributed by atoms with Crippen molar-refractivity contribution in [1.82, 2.24) is 0 Å². The summed E-state index contributed by atoms with van der Waals surface area (Å²) in [5, 5.41) is 5.25. The monoisotopic (exact) mass is 274 g/mol. The van der Waals surface area contributed by atoms with Crippen LogP contribution in [0.15, 0.2) is 60.7 Å². The quantitative estimate of drug-likeness (QED) is 0.504. The Bertz CT molecular complexity index is 695. The Kier molecular flexibility index (Phi) is 3.83. The van der Waals surface area contributed by atoms with Crippen LogP contribution in [0.25, 0.3) is 21.5 Å². The summed E-state index contributed by atoms with van der Waals surface area (Å²) in [7, 11) is -3.67. The van der Waals surface area contributed by atoms with Crippen LogP contribution in [0.3, 0.4) is 0 Å². The summed E-state index contributed by atoms with van der Waals surface area (Å²) < 4.78 is 25.9. The lowest BCUT2D eigenvalue weighted by molar-refractivity contribution is 0.490. The predicted molar refractivity (Wildman–Crippen MR) is 78.9 cm³/mol. The third kappa shape index (κ3) is 4.05. The zero-order valence-corrected chi connectivity index (χ0v) is 11.3. The standard InChI is InChI=1S/C14H10.CH4O3S/c1-2-6-12-10-14-8-4-3-7-13(14)9-11(12)5-1;1-5(2,3)4/h1-10H;1H3,(H,2,3,4). The Hall–Kier alpha value is -1.91. The fourth-order valence-corrected chi connectivity index (χ4v) is 1.88. The van der Waals surface area contributed by atoms with E-state index in [-0.39, 0.29) is 0 Å². The maximum atomic E-state index is 9.19. The Balaban J connectivity index is 0.000000232. The molecular weight excluding hydrogens is 260 g/mol. The molecule has 0 radical (unpaired) electrons. The largest absolute Gasteiger partial charge is 0.286 e. The first-order chi connectivity index (χ1) is 8.93. The fourth-order valence-electron chi connectivity index (χ4n) is 1.88. The van der Waals surface area contributed by atoms with Gasteiger partial charge in [-0.3, -0.25) is 4.55 Å². The van der Waals surface area contributed by atoms with Gasteiger partial charge in [0.15, 0.2) is 0 Å². The molecule has 19 heavy (non-hydrogen) atoms. The van der Waals surface area contributed by atoms with Crippen LogP contribution < -0.4 is 0 Å². The molecule has 0 heterocycles. The Labute approximate surface area is 112 Å². The summed E-state index contributed by atoms with van der Waals surface area (Å²) in [6.07, 6.45) is 0.715. The topological polar surface area (TPSA) is 54.4 Å². The normalized spacial score (nSPS) is 11.1. The lowest BCUT2D eigenvalue weighted by Crippen LogP contribution is -1.88. The highest BCUT2D eigenvalue weighted by Crippen LogP contribution is 2.21. The molecule has 0 spiro atoms. The molecule has 0 bridgehead atoms. The second-order valence-corrected chi connectivity index (χ2v) is 5.75. The molecule has 98 valence electrons. The van der Waals surface area contributed by atoms with E-state index in [9.17, 15) is 8.42 Å². The van der Waals surface area contributed by atoms with E-state index in [1.165, 1.54) is 21.5 Å². The van der Waals surface area contributed by atoms with Gasteiger partial charge in [-0.1, -0.05) is 48.5 Å². The zero-order valence-electron chi connectivity index (χ0n) is 10.4. The van der Waals surface area contributed by atoms with Gasteiger partial charge in [-0.25, -0.2) is 0 Å². The highest BCUT2D eigenvalue weighted by Gasteiger charge is 1.95. The summed E-state index contributed by atoms with van der Waals surface area (Å²) in [4.78, 5) is 0. The first kappa shape index (κ1) is 13.5. The lowest BCUT2D eigenvalue weighted by atomic mass is 10.0. The molecule has 0 saturated carbocycles. The molecule has 0 aliphatic heterocycles. The summed E-state index contributed by atoms with van der Waals surface area (Å²) in [5.41, 5.74) is 0. The minimum Gasteiger partial charge on any atom is -0.286 e. The molecule has 3 aromatic rings. The van der Waals surface area contributed by atoms with Crippen LogP contribution in [0.5, 0.6) is 0 Å². The molecule has 0 aliphatic rings. The van der Waals surface area contributed by atoms with E-state index in [1.807, 2.05) is 0 Å². The first-order valence-corrected chi connectivity index (χ1v) is 7.58. The summed E-state index contributed by atoms with van der Waals surface area (Å²) in [5.74, 6) is 0. The second-order valence-electron chi connectivity index (χ2n) is 4.28. The molecule has 3 nitrogen and oxygen atoms in total. The first-order valence-electron chi connectivity index (χ1n) is 5.73. The molecule has 0 atom stereocenters. The molecule has 1 N–H and O–H groups in total. The van der Waals surface area contributed by atoms with Crippen molar-refractivity contribution in [2.45, 2.75) is 0 Å². The second kappa shape index (κ2) is 5.38. The Morgan fingerprint density at radius 2 is 0.947 bits per heavy atom. The van der Waals surface area contributed by atoms with E-state index in [1.54, 1.807) is 0 Å². The van der Waals surface area contributed by atoms with Crippen molar-refractivity contribution >= 4 is 31.7 Å². The molecular formula is C15H14O3S. The van der Waals surface area contributed by atoms with Crippen LogP contribution in [0, 0.1) is 0 Å². The minimum absolute atomic E-state index is 0.715. The average Bonchev–Trinajstić information content (AvgIpc) is 2.34. The average molecular weight is 274 g/mol. The SMILES string of the molecule is CS(=O)(=O)O.c1ccc2cc3ccccc3cc2c1. The van der Waals surface area contributed by atoms with E-state index in [4.69, 9.17) is 4.55 Å². The van der Waals surface area contributed by atoms with E-state index in [2.05, 4.69) is 60.7 Å². The van der Waals surface area contributed by atoms with Crippen molar-refractivity contribution in [2.24, 2.45) is 0 Å². The van der Waals surface area contributed by atoms with E-state index in [0.29, 0.717) is 6.26 Å². The van der Waals surface area contributed by atoms with Gasteiger partial charge < -0.3 is 0 Å². The van der Waals surface area contributed by atoms with E-state index >= 15 is 0 Å². The van der Waals surface area contributed by atoms with Crippen molar-refractivity contribution < 1.29 is 13.0 Å². The van der Waals surface area contributed by atoms with Gasteiger partial charge in [-0.05, 0) is 33.7 Å². The van der Waals surface area contributed by atoms with Crippen molar-refractivity contribution in [3.63, 3.8) is 0 Å². The maximum absolute atomic E-state index is 9.19. The lowest BCUT2D eigenvalue weighted by Gasteiger charge is -2.00. The van der Waals surface area contributed by atoms with Gasteiger partial charge in [0.05, 0.1) is 6.26 Å². The van der Waals surface area contributed by atoms with Gasteiger partial charge in [0, 0.05) is 0 Å². The van der Waals surface area contributed by atoms with Gasteiger partial charge >= 0.3 is 0 Å². The molecule has 0 saturated heterocycles. The Morgan fingerprint density at radius 1 is 0.737 bits per heavy atom. The van der Waals surface area contributed by atoms with Crippen LogP contribution in [0.2, 0.25) is 0 Å². The van der Waals surface area contributed by atoms with Gasteiger partial charge in [-0.2, -0.15) is 8.42 Å². The third-order valence-electron chi connectivity index (χ3n) is 2.61. The van der Waals surface area contributed by atoms with Crippen molar-refractivity contribution in [1.29, 1.82) is 0 Å². The molecule has 0 amide bonds. The van der Waals surface area contributed by atoms with E-state index in [0.717, 1.165) is 0 Å². The Morgan fingerprint density at radius 3 is 1.16 bits per heavy atom. The number of hydrogen-bond acceptors (Lipinski definition) is 2. The molecule has 0 unspecified atom stereocenters. The highest BCUT2D eigenvalue weighted by atomic mass is 32.2. The number of benzene rings is 3. The van der Waals surface area contributed by atoms with Gasteiger partial charge in [-0.15, -0.1) is 0 Å². The minimum atomic E-state index is -3.67. The molecule has 0 aliphatic carbocycles. The molecule has 0 aromatic heterocycles. The molecule has 4 heteroatoms. The van der Waals surface area contributed by atoms with Crippen molar-refractivity contribution in [3.8, 4) is 0 Å². The summed E-state index contributed by atoms with van der Waals surface area (Å²) in [6.45, 7) is 0. The molecule has 0 fully saturated rings. The van der Waals surface area contributed by atoms with Crippen LogP contribution in [0.4, 0.5) is 0 Å². The number of rotatable bonds is 0. The van der Waals surface area contributed by atoms with Crippen LogP contribution in [0.1, 0.15) is 0 Å². The molecule has 3 aromatic carbocycles. The van der Waals surface area contributed by atoms with Crippen LogP contribution >= 0.6 is 0 Å². The van der Waals surface area contributed by atoms with Gasteiger partial charge in [0.1, 0.15) is 0 Å². The third-order valence-corrected chi connectivity index (χ3v) is 2.61. The van der Waals surface area contributed by atoms with Gasteiger partial charge in [0.25, 0.3) is 10.1 Å². The van der Waals surface area contributed by atoms with Crippen LogP contribution in [-0.2, 0) is 10.1 Å². The molecule has 3 rings (SSSR count). The maximum Gasteiger partial charge on any atom is 0.261 e. The van der Waals surface area contributed by atoms with Crippen molar-refractivity contribution in [3.05, 3.63) is 60.7 Å².